The summed E-state index contributed by atoms with van der Waals surface area (Å²) in [5.74, 6) is 0.770. The molecule has 1 aromatic heterocycles. The van der Waals surface area contributed by atoms with E-state index >= 15 is 0 Å². The molecular formula is C10H14N2O2. The summed E-state index contributed by atoms with van der Waals surface area (Å²) in [6.45, 7) is 2.46. The van der Waals surface area contributed by atoms with Gasteiger partial charge in [-0.1, -0.05) is 0 Å². The molecule has 2 heterocycles. The van der Waals surface area contributed by atoms with Crippen molar-refractivity contribution < 1.29 is 9.21 Å². The van der Waals surface area contributed by atoms with Gasteiger partial charge >= 0.3 is 0 Å². The standard InChI is InChI=1S/C10H14N2O2/c11-10(13)8-3-4-12(6-8)7-9-2-1-5-14-9/h1-2,5,8H,3-4,6-7H2,(H2,11,13). The number of carbonyl (C=O) groups excluding carboxylic acids is 1. The van der Waals surface area contributed by atoms with Gasteiger partial charge in [-0.2, -0.15) is 0 Å². The van der Waals surface area contributed by atoms with Crippen LogP contribution < -0.4 is 5.73 Å². The Morgan fingerprint density at radius 2 is 2.57 bits per heavy atom. The Bertz CT molecular complexity index is 308. The minimum Gasteiger partial charge on any atom is -0.468 e. The Labute approximate surface area is 82.7 Å². The maximum Gasteiger partial charge on any atom is 0.221 e. The Morgan fingerprint density at radius 3 is 3.14 bits per heavy atom. The van der Waals surface area contributed by atoms with Gasteiger partial charge in [-0.3, -0.25) is 9.69 Å². The fraction of sp³-hybridized carbons (Fsp3) is 0.500. The largest absolute Gasteiger partial charge is 0.468 e. The van der Waals surface area contributed by atoms with E-state index in [1.54, 1.807) is 6.26 Å². The molecule has 1 aliphatic heterocycles. The summed E-state index contributed by atoms with van der Waals surface area (Å²) in [6.07, 6.45) is 2.53. The zero-order valence-electron chi connectivity index (χ0n) is 7.98. The fourth-order valence-electron chi connectivity index (χ4n) is 1.83. The molecule has 2 N–H and O–H groups in total. The molecule has 4 heteroatoms. The molecule has 1 aliphatic rings. The van der Waals surface area contributed by atoms with Crippen LogP contribution >= 0.6 is 0 Å². The third kappa shape index (κ3) is 1.96. The summed E-state index contributed by atoms with van der Waals surface area (Å²) in [7, 11) is 0. The van der Waals surface area contributed by atoms with Gasteiger partial charge in [0.25, 0.3) is 0 Å². The molecule has 0 radical (unpaired) electrons. The first-order chi connectivity index (χ1) is 6.75. The lowest BCUT2D eigenvalue weighted by Crippen LogP contribution is -2.27. The van der Waals surface area contributed by atoms with Gasteiger partial charge in [0.1, 0.15) is 5.76 Å². The van der Waals surface area contributed by atoms with Crippen molar-refractivity contribution in [1.29, 1.82) is 0 Å². The Hall–Kier alpha value is -1.29. The lowest BCUT2D eigenvalue weighted by Gasteiger charge is -2.12. The summed E-state index contributed by atoms with van der Waals surface area (Å²) in [4.78, 5) is 13.1. The van der Waals surface area contributed by atoms with E-state index in [2.05, 4.69) is 4.90 Å². The Balaban J connectivity index is 1.87. The maximum atomic E-state index is 10.9. The van der Waals surface area contributed by atoms with E-state index in [-0.39, 0.29) is 11.8 Å². The van der Waals surface area contributed by atoms with Crippen molar-refractivity contribution in [1.82, 2.24) is 4.90 Å². The second-order valence-electron chi connectivity index (χ2n) is 3.70. The van der Waals surface area contributed by atoms with E-state index in [1.165, 1.54) is 0 Å². The predicted molar refractivity (Wildman–Crippen MR) is 51.3 cm³/mol. The van der Waals surface area contributed by atoms with Crippen molar-refractivity contribution in [3.8, 4) is 0 Å². The van der Waals surface area contributed by atoms with E-state index in [4.69, 9.17) is 10.2 Å². The summed E-state index contributed by atoms with van der Waals surface area (Å²) in [5.41, 5.74) is 5.24. The predicted octanol–water partition coefficient (Wildman–Crippen LogP) is 0.587. The highest BCUT2D eigenvalue weighted by atomic mass is 16.3. The van der Waals surface area contributed by atoms with Crippen LogP contribution in [-0.2, 0) is 11.3 Å². The smallest absolute Gasteiger partial charge is 0.221 e. The van der Waals surface area contributed by atoms with E-state index in [1.807, 2.05) is 12.1 Å². The quantitative estimate of drug-likeness (QED) is 0.766. The number of amides is 1. The molecule has 0 spiro atoms. The number of nitrogens with two attached hydrogens (primary N) is 1. The summed E-state index contributed by atoms with van der Waals surface area (Å²) in [5, 5.41) is 0. The van der Waals surface area contributed by atoms with Crippen LogP contribution in [-0.4, -0.2) is 23.9 Å². The van der Waals surface area contributed by atoms with Crippen molar-refractivity contribution in [2.75, 3.05) is 13.1 Å². The highest BCUT2D eigenvalue weighted by Crippen LogP contribution is 2.18. The van der Waals surface area contributed by atoms with Gasteiger partial charge in [0.2, 0.25) is 5.91 Å². The molecule has 14 heavy (non-hydrogen) atoms. The maximum absolute atomic E-state index is 10.9. The van der Waals surface area contributed by atoms with Gasteiger partial charge in [0.05, 0.1) is 18.7 Å². The number of hydrogen-bond acceptors (Lipinski definition) is 3. The molecule has 0 bridgehead atoms. The third-order valence-electron chi connectivity index (χ3n) is 2.63. The molecule has 0 aromatic carbocycles. The molecule has 1 fully saturated rings. The first-order valence-corrected chi connectivity index (χ1v) is 4.80. The summed E-state index contributed by atoms with van der Waals surface area (Å²) in [6, 6.07) is 3.81. The monoisotopic (exact) mass is 194 g/mol. The van der Waals surface area contributed by atoms with Crippen LogP contribution in [0.2, 0.25) is 0 Å². The number of rotatable bonds is 3. The second-order valence-corrected chi connectivity index (χ2v) is 3.70. The van der Waals surface area contributed by atoms with Gasteiger partial charge in [-0.05, 0) is 25.1 Å². The molecule has 1 unspecified atom stereocenters. The van der Waals surface area contributed by atoms with Crippen LogP contribution in [0.3, 0.4) is 0 Å². The van der Waals surface area contributed by atoms with Crippen LogP contribution in [0.25, 0.3) is 0 Å². The van der Waals surface area contributed by atoms with Gasteiger partial charge < -0.3 is 10.2 Å². The molecule has 1 atom stereocenters. The molecule has 1 saturated heterocycles. The molecule has 1 amide bonds. The molecule has 0 saturated carbocycles. The zero-order valence-corrected chi connectivity index (χ0v) is 7.98. The van der Waals surface area contributed by atoms with E-state index < -0.39 is 0 Å². The normalized spacial score (nSPS) is 22.7. The van der Waals surface area contributed by atoms with E-state index in [0.29, 0.717) is 0 Å². The highest BCUT2D eigenvalue weighted by Gasteiger charge is 2.26. The zero-order chi connectivity index (χ0) is 9.97. The van der Waals surface area contributed by atoms with Gasteiger partial charge in [-0.15, -0.1) is 0 Å². The van der Waals surface area contributed by atoms with Crippen molar-refractivity contribution in [2.24, 2.45) is 11.7 Å². The van der Waals surface area contributed by atoms with Gasteiger partial charge in [0, 0.05) is 6.54 Å². The van der Waals surface area contributed by atoms with Crippen molar-refractivity contribution in [3.05, 3.63) is 24.2 Å². The Morgan fingerprint density at radius 1 is 1.71 bits per heavy atom. The van der Waals surface area contributed by atoms with Crippen LogP contribution in [0, 0.1) is 5.92 Å². The lowest BCUT2D eigenvalue weighted by molar-refractivity contribution is -0.121. The minimum atomic E-state index is -0.188. The first kappa shape index (κ1) is 9.27. The molecule has 76 valence electrons. The average molecular weight is 194 g/mol. The number of furan rings is 1. The third-order valence-corrected chi connectivity index (χ3v) is 2.63. The van der Waals surface area contributed by atoms with Gasteiger partial charge in [0.15, 0.2) is 0 Å². The van der Waals surface area contributed by atoms with Gasteiger partial charge in [-0.25, -0.2) is 0 Å². The molecule has 2 rings (SSSR count). The fourth-order valence-corrected chi connectivity index (χ4v) is 1.83. The van der Waals surface area contributed by atoms with Crippen LogP contribution in [0.15, 0.2) is 22.8 Å². The number of primary amides is 1. The van der Waals surface area contributed by atoms with Crippen molar-refractivity contribution in [3.63, 3.8) is 0 Å². The number of carbonyl (C=O) groups is 1. The number of hydrogen-bond donors (Lipinski definition) is 1. The second kappa shape index (κ2) is 3.84. The number of nitrogens with zero attached hydrogens (tertiary/aromatic N) is 1. The SMILES string of the molecule is NC(=O)C1CCN(Cc2ccco2)C1. The first-order valence-electron chi connectivity index (χ1n) is 4.80. The molecular weight excluding hydrogens is 180 g/mol. The number of likely N-dealkylation sites (tertiary alicyclic amines) is 1. The average Bonchev–Trinajstić information content (AvgIpc) is 2.75. The van der Waals surface area contributed by atoms with Crippen molar-refractivity contribution in [2.45, 2.75) is 13.0 Å². The van der Waals surface area contributed by atoms with Crippen LogP contribution in [0.1, 0.15) is 12.2 Å². The summed E-state index contributed by atoms with van der Waals surface area (Å²) < 4.78 is 5.23. The van der Waals surface area contributed by atoms with Crippen molar-refractivity contribution >= 4 is 5.91 Å². The van der Waals surface area contributed by atoms with E-state index in [0.717, 1.165) is 31.8 Å². The minimum absolute atomic E-state index is 0.0185. The molecule has 1 aromatic rings. The van der Waals surface area contributed by atoms with Crippen LogP contribution in [0.5, 0.6) is 0 Å². The summed E-state index contributed by atoms with van der Waals surface area (Å²) >= 11 is 0. The van der Waals surface area contributed by atoms with E-state index in [9.17, 15) is 4.79 Å². The van der Waals surface area contributed by atoms with Crippen LogP contribution in [0.4, 0.5) is 0 Å². The Kier molecular flexibility index (Phi) is 2.54. The molecule has 0 aliphatic carbocycles. The topological polar surface area (TPSA) is 59.5 Å². The molecule has 4 nitrogen and oxygen atoms in total. The highest BCUT2D eigenvalue weighted by molar-refractivity contribution is 5.77. The lowest BCUT2D eigenvalue weighted by atomic mass is 10.1.